The monoisotopic (exact) mass is 764 g/mol. The van der Waals surface area contributed by atoms with E-state index in [0.29, 0.717) is 0 Å². The van der Waals surface area contributed by atoms with Gasteiger partial charge in [0.25, 0.3) is 0 Å². The smallest absolute Gasteiger partial charge is 0.213 e. The SMILES string of the molecule is C[n+]1c(-c2ccccc2)cc(-c2ccccc2)cc1-c1ccc(-c2cc(-c3ccccc3)cc(-c3ccccc3)[n+]2C)cc1.[O-][Cl+3]([O-])([O-])[O-].[O-][Cl+3]([O-])([O-])[O-]. The lowest BCUT2D eigenvalue weighted by Crippen LogP contribution is -2.68. The van der Waals surface area contributed by atoms with Gasteiger partial charge >= 0.3 is 0 Å². The highest BCUT2D eigenvalue weighted by molar-refractivity contribution is 5.76. The summed E-state index contributed by atoms with van der Waals surface area (Å²) in [5.74, 6) is 0. The molecule has 0 unspecified atom stereocenters. The normalized spacial score (nSPS) is 11.1. The van der Waals surface area contributed by atoms with Gasteiger partial charge in [-0.25, -0.2) is 37.3 Å². The van der Waals surface area contributed by atoms with Crippen LogP contribution in [-0.2, 0) is 14.1 Å². The van der Waals surface area contributed by atoms with Gasteiger partial charge in [-0.3, -0.25) is 0 Å². The quantitative estimate of drug-likeness (QED) is 0.208. The number of hydrogen-bond acceptors (Lipinski definition) is 8. The Morgan fingerprint density at radius 3 is 0.685 bits per heavy atom. The molecule has 0 spiro atoms. The standard InChI is InChI=1S/C42H34N2.2ClHO4/c1-43-39(33-19-11-5-12-20-33)27-37(31-15-7-3-8-16-31)29-41(43)35-23-25-36(26-24-35)42-30-38(32-17-9-4-10-18-32)28-40(44(42)2)34-21-13-6-14-22-34;2*2-1(3,4)5/h3-30H,1-2H3;2*(H,2,3,4,5)/q+2;;/p-2. The molecule has 0 saturated heterocycles. The van der Waals surface area contributed by atoms with Gasteiger partial charge in [-0.1, -0.05) is 97.1 Å². The molecule has 0 N–H and O–H groups in total. The third kappa shape index (κ3) is 11.3. The van der Waals surface area contributed by atoms with Gasteiger partial charge in [-0.15, -0.1) is 20.5 Å². The number of aromatic nitrogens is 2. The van der Waals surface area contributed by atoms with Gasteiger partial charge in [0.2, 0.25) is 22.8 Å². The van der Waals surface area contributed by atoms with Crippen LogP contribution in [0.4, 0.5) is 0 Å². The van der Waals surface area contributed by atoms with Crippen LogP contribution in [0.3, 0.4) is 0 Å². The number of nitrogens with zero attached hydrogens (tertiary/aromatic N) is 2. The van der Waals surface area contributed by atoms with Crippen molar-refractivity contribution >= 4 is 0 Å². The van der Waals surface area contributed by atoms with Crippen LogP contribution in [-0.4, -0.2) is 0 Å². The number of halogens is 2. The minimum Gasteiger partial charge on any atom is -0.222 e. The summed E-state index contributed by atoms with van der Waals surface area (Å²) >= 11 is 0. The van der Waals surface area contributed by atoms with Gasteiger partial charge in [0.1, 0.15) is 14.1 Å². The van der Waals surface area contributed by atoms with E-state index in [-0.39, 0.29) is 0 Å². The third-order valence-electron chi connectivity index (χ3n) is 8.44. The van der Waals surface area contributed by atoms with Crippen LogP contribution in [0.1, 0.15) is 0 Å². The molecule has 2 aromatic heterocycles. The topological polar surface area (TPSA) is 192 Å². The average molecular weight is 766 g/mol. The minimum absolute atomic E-state index is 1.17. The first-order chi connectivity index (χ1) is 25.7. The fourth-order valence-electron chi connectivity index (χ4n) is 6.05. The zero-order valence-electron chi connectivity index (χ0n) is 29.1. The molecule has 12 heteroatoms. The van der Waals surface area contributed by atoms with Crippen molar-refractivity contribution in [3.63, 3.8) is 0 Å². The number of rotatable bonds is 6. The van der Waals surface area contributed by atoms with Crippen molar-refractivity contribution in [1.82, 2.24) is 0 Å². The van der Waals surface area contributed by atoms with Crippen LogP contribution in [0.15, 0.2) is 170 Å². The largest absolute Gasteiger partial charge is 0.222 e. The fourth-order valence-corrected chi connectivity index (χ4v) is 6.05. The molecule has 10 nitrogen and oxygen atoms in total. The maximum Gasteiger partial charge on any atom is 0.213 e. The van der Waals surface area contributed by atoms with Gasteiger partial charge in [0.15, 0.2) is 0 Å². The summed E-state index contributed by atoms with van der Waals surface area (Å²) in [6.45, 7) is 0. The minimum atomic E-state index is -4.94. The molecule has 0 radical (unpaired) electrons. The second kappa shape index (κ2) is 17.7. The molecule has 274 valence electrons. The van der Waals surface area contributed by atoms with Crippen LogP contribution in [0, 0.1) is 20.5 Å². The second-order valence-corrected chi connectivity index (χ2v) is 13.5. The lowest BCUT2D eigenvalue weighted by Gasteiger charge is -2.17. The van der Waals surface area contributed by atoms with Crippen molar-refractivity contribution < 1.29 is 66.9 Å². The van der Waals surface area contributed by atoms with E-state index in [2.05, 4.69) is 193 Å². The molecule has 7 aromatic rings. The van der Waals surface area contributed by atoms with Crippen LogP contribution >= 0.6 is 0 Å². The molecule has 0 amide bonds. The van der Waals surface area contributed by atoms with Gasteiger partial charge in [0.05, 0.1) is 0 Å². The summed E-state index contributed by atoms with van der Waals surface area (Å²) in [6, 6.07) is 60.8. The van der Waals surface area contributed by atoms with Crippen LogP contribution in [0.2, 0.25) is 0 Å². The lowest BCUT2D eigenvalue weighted by atomic mass is 9.97. The molecule has 0 saturated carbocycles. The molecule has 0 aliphatic rings. The Labute approximate surface area is 317 Å². The van der Waals surface area contributed by atoms with Gasteiger partial charge in [-0.2, -0.15) is 9.13 Å². The highest BCUT2D eigenvalue weighted by Crippen LogP contribution is 2.32. The number of benzene rings is 5. The molecular formula is C42H34Cl2N2O8. The average Bonchev–Trinajstić information content (AvgIpc) is 3.15. The van der Waals surface area contributed by atoms with Crippen molar-refractivity contribution in [1.29, 1.82) is 0 Å². The molecule has 0 aliphatic carbocycles. The van der Waals surface area contributed by atoms with E-state index in [1.807, 2.05) is 0 Å². The Bertz CT molecular complexity index is 2090. The summed E-state index contributed by atoms with van der Waals surface area (Å²) in [6.07, 6.45) is 0. The van der Waals surface area contributed by atoms with Crippen LogP contribution < -0.4 is 46.4 Å². The first kappa shape index (κ1) is 39.9. The van der Waals surface area contributed by atoms with E-state index >= 15 is 0 Å². The Balaban J connectivity index is 0.000000499. The van der Waals surface area contributed by atoms with Gasteiger partial charge < -0.3 is 0 Å². The van der Waals surface area contributed by atoms with Crippen LogP contribution in [0.5, 0.6) is 0 Å². The summed E-state index contributed by atoms with van der Waals surface area (Å²) in [5, 5.41) is 0. The van der Waals surface area contributed by atoms with Gasteiger partial charge in [0, 0.05) is 46.5 Å². The lowest BCUT2D eigenvalue weighted by molar-refractivity contribution is -2.00. The highest BCUT2D eigenvalue weighted by Gasteiger charge is 2.22. The first-order valence-electron chi connectivity index (χ1n) is 16.3. The Hall–Kier alpha value is -5.34. The maximum atomic E-state index is 8.49. The van der Waals surface area contributed by atoms with Crippen molar-refractivity contribution in [2.75, 3.05) is 0 Å². The zero-order chi connectivity index (χ0) is 38.9. The molecule has 5 aromatic carbocycles. The van der Waals surface area contributed by atoms with Crippen molar-refractivity contribution in [2.45, 2.75) is 0 Å². The molecule has 0 aliphatic heterocycles. The Kier molecular flexibility index (Phi) is 13.0. The van der Waals surface area contributed by atoms with Crippen molar-refractivity contribution in [3.05, 3.63) is 170 Å². The Morgan fingerprint density at radius 2 is 0.463 bits per heavy atom. The predicted molar refractivity (Wildman–Crippen MR) is 181 cm³/mol. The van der Waals surface area contributed by atoms with E-state index in [4.69, 9.17) is 37.3 Å². The molecule has 2 heterocycles. The summed E-state index contributed by atoms with van der Waals surface area (Å²) in [7, 11) is -5.56. The fraction of sp³-hybridized carbons (Fsp3) is 0.0476. The number of pyridine rings is 2. The van der Waals surface area contributed by atoms with E-state index in [0.717, 1.165) is 0 Å². The zero-order valence-corrected chi connectivity index (χ0v) is 30.6. The predicted octanol–water partition coefficient (Wildman–Crippen LogP) is -0.174. The first-order valence-corrected chi connectivity index (χ1v) is 18.8. The van der Waals surface area contributed by atoms with E-state index in [1.54, 1.807) is 0 Å². The number of hydrogen-bond donors (Lipinski definition) is 0. The third-order valence-corrected chi connectivity index (χ3v) is 8.44. The van der Waals surface area contributed by atoms with E-state index in [9.17, 15) is 0 Å². The maximum absolute atomic E-state index is 8.49. The second-order valence-electron chi connectivity index (χ2n) is 11.9. The molecule has 0 atom stereocenters. The molecule has 7 rings (SSSR count). The summed E-state index contributed by atoms with van der Waals surface area (Å²) in [4.78, 5) is 0. The van der Waals surface area contributed by atoms with E-state index < -0.39 is 20.5 Å². The van der Waals surface area contributed by atoms with Crippen LogP contribution in [0.25, 0.3) is 67.3 Å². The highest BCUT2D eigenvalue weighted by atomic mass is 35.7. The Morgan fingerprint density at radius 1 is 0.278 bits per heavy atom. The summed E-state index contributed by atoms with van der Waals surface area (Å²) < 4.78 is 72.6. The molecule has 54 heavy (non-hydrogen) atoms. The molecular weight excluding hydrogens is 731 g/mol. The summed E-state index contributed by atoms with van der Waals surface area (Å²) in [5.41, 5.74) is 14.3. The van der Waals surface area contributed by atoms with Crippen molar-refractivity contribution in [3.8, 4) is 67.3 Å². The van der Waals surface area contributed by atoms with Crippen molar-refractivity contribution in [2.24, 2.45) is 14.1 Å². The molecule has 0 fully saturated rings. The van der Waals surface area contributed by atoms with E-state index in [1.165, 1.54) is 67.3 Å². The molecule has 0 bridgehead atoms. The van der Waals surface area contributed by atoms with Gasteiger partial charge in [-0.05, 0) is 70.8 Å².